The first-order chi connectivity index (χ1) is 13.4. The molecule has 3 aromatic rings. The van der Waals surface area contributed by atoms with E-state index in [9.17, 15) is 14.4 Å². The van der Waals surface area contributed by atoms with Crippen LogP contribution in [0.5, 0.6) is 0 Å². The van der Waals surface area contributed by atoms with Gasteiger partial charge in [0.2, 0.25) is 5.69 Å². The molecule has 0 fully saturated rings. The summed E-state index contributed by atoms with van der Waals surface area (Å²) >= 11 is 5.92. The van der Waals surface area contributed by atoms with E-state index in [2.05, 4.69) is 10.4 Å². The van der Waals surface area contributed by atoms with Crippen molar-refractivity contribution in [3.05, 3.63) is 91.7 Å². The molecule has 0 saturated heterocycles. The third-order valence-corrected chi connectivity index (χ3v) is 4.55. The first kappa shape index (κ1) is 19.6. The average molecular weight is 399 g/mol. The third kappa shape index (κ3) is 3.75. The lowest BCUT2D eigenvalue weighted by Crippen LogP contribution is -2.47. The van der Waals surface area contributed by atoms with Crippen molar-refractivity contribution in [1.82, 2.24) is 19.7 Å². The van der Waals surface area contributed by atoms with Gasteiger partial charge in [-0.3, -0.25) is 9.59 Å². The molecule has 0 radical (unpaired) electrons. The van der Waals surface area contributed by atoms with Gasteiger partial charge in [0.25, 0.3) is 11.5 Å². The van der Waals surface area contributed by atoms with E-state index in [1.165, 1.54) is 0 Å². The van der Waals surface area contributed by atoms with Gasteiger partial charge in [-0.15, -0.1) is 0 Å². The maximum atomic E-state index is 13.1. The number of nitrogens with zero attached hydrogens (tertiary/aromatic N) is 3. The lowest BCUT2D eigenvalue weighted by Gasteiger charge is -2.17. The number of carbonyl (C=O) groups is 1. The van der Waals surface area contributed by atoms with Gasteiger partial charge in [0.1, 0.15) is 0 Å². The molecule has 144 valence electrons. The number of rotatable bonds is 5. The van der Waals surface area contributed by atoms with Crippen LogP contribution in [0.15, 0.2) is 64.2 Å². The van der Waals surface area contributed by atoms with Crippen LogP contribution in [0.25, 0.3) is 5.69 Å². The Balaban J connectivity index is 2.28. The molecule has 8 heteroatoms. The normalized spacial score (nSPS) is 11.8. The Kier molecular flexibility index (Phi) is 5.75. The SMILES string of the molecule is CCNC(=O)c1nn(-c2ccc(Cl)cc2)c(=O)n(C(C)c2ccccc2)c1=O. The summed E-state index contributed by atoms with van der Waals surface area (Å²) in [6.45, 7) is 3.79. The summed E-state index contributed by atoms with van der Waals surface area (Å²) in [4.78, 5) is 38.5. The molecule has 0 saturated carbocycles. The summed E-state index contributed by atoms with van der Waals surface area (Å²) in [5, 5.41) is 7.10. The summed E-state index contributed by atoms with van der Waals surface area (Å²) < 4.78 is 2.09. The van der Waals surface area contributed by atoms with E-state index in [-0.39, 0.29) is 5.69 Å². The molecular weight excluding hydrogens is 380 g/mol. The zero-order chi connectivity index (χ0) is 20.3. The minimum Gasteiger partial charge on any atom is -0.351 e. The van der Waals surface area contributed by atoms with Crippen molar-refractivity contribution in [2.75, 3.05) is 6.54 Å². The molecule has 0 aliphatic carbocycles. The highest BCUT2D eigenvalue weighted by molar-refractivity contribution is 6.30. The molecule has 1 aromatic heterocycles. The van der Waals surface area contributed by atoms with E-state index in [0.29, 0.717) is 17.3 Å². The van der Waals surface area contributed by atoms with E-state index < -0.39 is 23.2 Å². The van der Waals surface area contributed by atoms with Crippen LogP contribution in [0, 0.1) is 0 Å². The van der Waals surface area contributed by atoms with Crippen LogP contribution in [0.4, 0.5) is 0 Å². The van der Waals surface area contributed by atoms with Gasteiger partial charge in [-0.05, 0) is 43.7 Å². The Hall–Kier alpha value is -3.19. The molecule has 7 nitrogen and oxygen atoms in total. The van der Waals surface area contributed by atoms with Gasteiger partial charge in [-0.2, -0.15) is 9.78 Å². The molecule has 0 aliphatic heterocycles. The van der Waals surface area contributed by atoms with Crippen molar-refractivity contribution in [1.29, 1.82) is 0 Å². The molecule has 28 heavy (non-hydrogen) atoms. The Morgan fingerprint density at radius 3 is 2.36 bits per heavy atom. The summed E-state index contributed by atoms with van der Waals surface area (Å²) in [7, 11) is 0. The van der Waals surface area contributed by atoms with Crippen LogP contribution in [0.2, 0.25) is 5.02 Å². The number of halogens is 1. The number of hydrogen-bond acceptors (Lipinski definition) is 4. The Bertz CT molecular complexity index is 1110. The molecular formula is C20H19ClN4O3. The topological polar surface area (TPSA) is 86.0 Å². The van der Waals surface area contributed by atoms with Gasteiger partial charge in [0.15, 0.2) is 0 Å². The van der Waals surface area contributed by atoms with Gasteiger partial charge in [0.05, 0.1) is 11.7 Å². The predicted molar refractivity (Wildman–Crippen MR) is 107 cm³/mol. The van der Waals surface area contributed by atoms with Crippen molar-refractivity contribution < 1.29 is 4.79 Å². The minimum absolute atomic E-state index is 0.328. The molecule has 1 amide bonds. The molecule has 1 atom stereocenters. The van der Waals surface area contributed by atoms with Gasteiger partial charge in [0, 0.05) is 11.6 Å². The molecule has 0 spiro atoms. The summed E-state index contributed by atoms with van der Waals surface area (Å²) in [6, 6.07) is 14.9. The standard InChI is InChI=1S/C20H19ClN4O3/c1-3-22-18(26)17-19(27)24(13(2)14-7-5-4-6-8-14)20(28)25(23-17)16-11-9-15(21)10-12-16/h4-13H,3H2,1-2H3,(H,22,26). The number of nitrogens with one attached hydrogen (secondary N) is 1. The highest BCUT2D eigenvalue weighted by atomic mass is 35.5. The van der Waals surface area contributed by atoms with Crippen LogP contribution in [-0.4, -0.2) is 26.8 Å². The van der Waals surface area contributed by atoms with Gasteiger partial charge < -0.3 is 5.32 Å². The molecule has 1 N–H and O–H groups in total. The van der Waals surface area contributed by atoms with Gasteiger partial charge in [-0.25, -0.2) is 9.36 Å². The van der Waals surface area contributed by atoms with Crippen LogP contribution in [-0.2, 0) is 0 Å². The quantitative estimate of drug-likeness (QED) is 0.715. The molecule has 2 aromatic carbocycles. The second-order valence-electron chi connectivity index (χ2n) is 6.14. The van der Waals surface area contributed by atoms with E-state index in [0.717, 1.165) is 14.8 Å². The Morgan fingerprint density at radius 1 is 1.11 bits per heavy atom. The molecule has 1 heterocycles. The summed E-state index contributed by atoms with van der Waals surface area (Å²) in [5.41, 5.74) is -0.570. The highest BCUT2D eigenvalue weighted by Crippen LogP contribution is 2.15. The fourth-order valence-corrected chi connectivity index (χ4v) is 2.97. The van der Waals surface area contributed by atoms with E-state index in [1.54, 1.807) is 38.1 Å². The van der Waals surface area contributed by atoms with Crippen molar-refractivity contribution in [2.24, 2.45) is 0 Å². The first-order valence-corrected chi connectivity index (χ1v) is 9.16. The number of carbonyl (C=O) groups excluding carboxylic acids is 1. The van der Waals surface area contributed by atoms with Crippen molar-refractivity contribution in [2.45, 2.75) is 19.9 Å². The Labute approximate surface area is 166 Å². The predicted octanol–water partition coefficient (Wildman–Crippen LogP) is 2.41. The maximum Gasteiger partial charge on any atom is 0.352 e. The van der Waals surface area contributed by atoms with Crippen LogP contribution in [0.1, 0.15) is 35.9 Å². The first-order valence-electron chi connectivity index (χ1n) is 8.79. The lowest BCUT2D eigenvalue weighted by atomic mass is 10.1. The van der Waals surface area contributed by atoms with Crippen LogP contribution >= 0.6 is 11.6 Å². The Morgan fingerprint density at radius 2 is 1.75 bits per heavy atom. The third-order valence-electron chi connectivity index (χ3n) is 4.30. The zero-order valence-corrected chi connectivity index (χ0v) is 16.2. The fourth-order valence-electron chi connectivity index (χ4n) is 2.85. The number of hydrogen-bond donors (Lipinski definition) is 1. The van der Waals surface area contributed by atoms with Crippen LogP contribution in [0.3, 0.4) is 0 Å². The molecule has 0 aliphatic rings. The number of aromatic nitrogens is 3. The number of benzene rings is 2. The monoisotopic (exact) mass is 398 g/mol. The molecule has 1 unspecified atom stereocenters. The summed E-state index contributed by atoms with van der Waals surface area (Å²) in [5.74, 6) is -0.635. The zero-order valence-electron chi connectivity index (χ0n) is 15.4. The molecule has 0 bridgehead atoms. The minimum atomic E-state index is -0.738. The lowest BCUT2D eigenvalue weighted by molar-refractivity contribution is 0.0946. The van der Waals surface area contributed by atoms with Crippen molar-refractivity contribution >= 4 is 17.5 Å². The maximum absolute atomic E-state index is 13.1. The van der Waals surface area contributed by atoms with Gasteiger partial charge in [-0.1, -0.05) is 41.9 Å². The van der Waals surface area contributed by atoms with E-state index in [4.69, 9.17) is 11.6 Å². The van der Waals surface area contributed by atoms with Crippen molar-refractivity contribution in [3.8, 4) is 5.69 Å². The van der Waals surface area contributed by atoms with E-state index in [1.807, 2.05) is 30.3 Å². The van der Waals surface area contributed by atoms with Crippen molar-refractivity contribution in [3.63, 3.8) is 0 Å². The van der Waals surface area contributed by atoms with E-state index >= 15 is 0 Å². The van der Waals surface area contributed by atoms with Crippen LogP contribution < -0.4 is 16.6 Å². The molecule has 3 rings (SSSR count). The average Bonchev–Trinajstić information content (AvgIpc) is 2.70. The fraction of sp³-hybridized carbons (Fsp3) is 0.200. The number of amides is 1. The second-order valence-corrected chi connectivity index (χ2v) is 6.58. The summed E-state index contributed by atoms with van der Waals surface area (Å²) in [6.07, 6.45) is 0. The second kappa shape index (κ2) is 8.22. The smallest absolute Gasteiger partial charge is 0.351 e. The largest absolute Gasteiger partial charge is 0.352 e. The highest BCUT2D eigenvalue weighted by Gasteiger charge is 2.23. The van der Waals surface area contributed by atoms with Gasteiger partial charge >= 0.3 is 5.69 Å².